The number of aromatic nitrogens is 2. The van der Waals surface area contributed by atoms with Crippen molar-refractivity contribution in [1.29, 1.82) is 0 Å². The summed E-state index contributed by atoms with van der Waals surface area (Å²) in [6.07, 6.45) is 2.72. The van der Waals surface area contributed by atoms with Crippen molar-refractivity contribution >= 4 is 17.3 Å². The molecule has 0 spiro atoms. The van der Waals surface area contributed by atoms with Gasteiger partial charge >= 0.3 is 5.82 Å². The van der Waals surface area contributed by atoms with Gasteiger partial charge in [-0.25, -0.2) is 0 Å². The third-order valence-corrected chi connectivity index (χ3v) is 4.89. The number of nitrogens with zero attached hydrogens (tertiary/aromatic N) is 5. The molecule has 0 amide bonds. The molecule has 0 aliphatic carbocycles. The maximum atomic E-state index is 11.6. The van der Waals surface area contributed by atoms with Crippen molar-refractivity contribution in [2.75, 3.05) is 37.6 Å². The fourth-order valence-corrected chi connectivity index (χ4v) is 3.47. The van der Waals surface area contributed by atoms with Crippen LogP contribution in [0.15, 0.2) is 54.7 Å². The number of hydrogen-bond acceptors (Lipinski definition) is 5. The van der Waals surface area contributed by atoms with Gasteiger partial charge in [0.25, 0.3) is 0 Å². The van der Waals surface area contributed by atoms with Gasteiger partial charge in [0.2, 0.25) is 11.5 Å². The van der Waals surface area contributed by atoms with Gasteiger partial charge in [0.1, 0.15) is 0 Å². The van der Waals surface area contributed by atoms with Gasteiger partial charge in [0.05, 0.1) is 6.20 Å². The minimum absolute atomic E-state index is 0.0540. The number of piperazine rings is 1. The van der Waals surface area contributed by atoms with Crippen LogP contribution in [-0.4, -0.2) is 51.9 Å². The molecule has 1 fully saturated rings. The van der Waals surface area contributed by atoms with Crippen LogP contribution >= 0.6 is 0 Å². The van der Waals surface area contributed by atoms with Crippen LogP contribution in [0.1, 0.15) is 5.56 Å². The van der Waals surface area contributed by atoms with Crippen molar-refractivity contribution in [2.45, 2.75) is 6.42 Å². The topological polar surface area (TPSA) is 66.9 Å². The van der Waals surface area contributed by atoms with E-state index in [0.29, 0.717) is 11.5 Å². The van der Waals surface area contributed by atoms with Gasteiger partial charge in [-0.1, -0.05) is 36.4 Å². The fraction of sp³-hybridized carbons (Fsp3) is 0.316. The van der Waals surface area contributed by atoms with E-state index < -0.39 is 0 Å². The van der Waals surface area contributed by atoms with Crippen molar-refractivity contribution in [3.8, 4) is 0 Å². The van der Waals surface area contributed by atoms with Crippen LogP contribution in [0.25, 0.3) is 5.65 Å². The molecule has 0 saturated carbocycles. The van der Waals surface area contributed by atoms with Crippen LogP contribution < -0.4 is 4.90 Å². The first-order valence-corrected chi connectivity index (χ1v) is 8.85. The van der Waals surface area contributed by atoms with E-state index in [2.05, 4.69) is 34.1 Å². The summed E-state index contributed by atoms with van der Waals surface area (Å²) in [6.45, 7) is 4.28. The van der Waals surface area contributed by atoms with Crippen LogP contribution in [0.5, 0.6) is 0 Å². The molecular formula is C19H21N5O2. The Bertz CT molecular complexity index is 901. The van der Waals surface area contributed by atoms with Crippen molar-refractivity contribution in [3.05, 3.63) is 70.4 Å². The summed E-state index contributed by atoms with van der Waals surface area (Å²) in [5.41, 5.74) is 1.95. The lowest BCUT2D eigenvalue weighted by molar-refractivity contribution is -0.389. The van der Waals surface area contributed by atoms with Gasteiger partial charge in [-0.05, 0) is 23.0 Å². The van der Waals surface area contributed by atoms with E-state index in [1.165, 1.54) is 5.56 Å². The van der Waals surface area contributed by atoms with Gasteiger partial charge in [-0.15, -0.1) is 0 Å². The third-order valence-electron chi connectivity index (χ3n) is 4.89. The lowest BCUT2D eigenvalue weighted by atomic mass is 10.1. The molecule has 134 valence electrons. The molecule has 0 atom stereocenters. The predicted octanol–water partition coefficient (Wildman–Crippen LogP) is 2.61. The van der Waals surface area contributed by atoms with Gasteiger partial charge < -0.3 is 15.0 Å². The summed E-state index contributed by atoms with van der Waals surface area (Å²) in [7, 11) is 0. The molecule has 1 aliphatic heterocycles. The van der Waals surface area contributed by atoms with E-state index in [0.717, 1.165) is 39.1 Å². The summed E-state index contributed by atoms with van der Waals surface area (Å²) in [5, 5.41) is 11.6. The lowest BCUT2D eigenvalue weighted by Crippen LogP contribution is -2.47. The zero-order valence-corrected chi connectivity index (χ0v) is 14.5. The highest BCUT2D eigenvalue weighted by atomic mass is 16.6. The number of pyridine rings is 1. The summed E-state index contributed by atoms with van der Waals surface area (Å²) < 4.78 is 1.55. The highest BCUT2D eigenvalue weighted by molar-refractivity contribution is 5.63. The summed E-state index contributed by atoms with van der Waals surface area (Å²) in [4.78, 5) is 20.2. The molecule has 0 bridgehead atoms. The molecule has 7 nitrogen and oxygen atoms in total. The molecule has 1 saturated heterocycles. The van der Waals surface area contributed by atoms with Crippen molar-refractivity contribution in [1.82, 2.24) is 14.3 Å². The second-order valence-electron chi connectivity index (χ2n) is 6.51. The predicted molar refractivity (Wildman–Crippen MR) is 101 cm³/mol. The normalized spacial score (nSPS) is 15.5. The van der Waals surface area contributed by atoms with Crippen molar-refractivity contribution < 1.29 is 4.92 Å². The number of benzene rings is 1. The molecule has 3 heterocycles. The minimum atomic E-state index is -0.336. The number of fused-ring (bicyclic) bond motifs is 1. The smallest absolute Gasteiger partial charge is 0.358 e. The van der Waals surface area contributed by atoms with Gasteiger partial charge in [-0.2, -0.15) is 9.38 Å². The van der Waals surface area contributed by atoms with E-state index in [1.54, 1.807) is 22.7 Å². The first-order valence-electron chi connectivity index (χ1n) is 8.85. The first kappa shape index (κ1) is 16.5. The lowest BCUT2D eigenvalue weighted by Gasteiger charge is -2.34. The third kappa shape index (κ3) is 3.25. The van der Waals surface area contributed by atoms with E-state index in [-0.39, 0.29) is 10.7 Å². The van der Waals surface area contributed by atoms with E-state index in [9.17, 15) is 10.1 Å². The Morgan fingerprint density at radius 1 is 1.00 bits per heavy atom. The largest absolute Gasteiger partial charge is 0.372 e. The highest BCUT2D eigenvalue weighted by Gasteiger charge is 2.29. The molecule has 7 heteroatoms. The Hall–Kier alpha value is -2.93. The monoisotopic (exact) mass is 351 g/mol. The van der Waals surface area contributed by atoms with Crippen LogP contribution in [0.2, 0.25) is 0 Å². The van der Waals surface area contributed by atoms with Crippen LogP contribution in [0.4, 0.5) is 11.6 Å². The average Bonchev–Trinajstić information content (AvgIpc) is 3.07. The molecule has 4 rings (SSSR count). The molecule has 1 aromatic carbocycles. The Labute approximate surface area is 151 Å². The highest BCUT2D eigenvalue weighted by Crippen LogP contribution is 2.29. The second kappa shape index (κ2) is 7.13. The summed E-state index contributed by atoms with van der Waals surface area (Å²) in [6, 6.07) is 15.9. The van der Waals surface area contributed by atoms with E-state index in [4.69, 9.17) is 0 Å². The number of anilines is 1. The van der Waals surface area contributed by atoms with Gasteiger partial charge in [-0.3, -0.25) is 4.90 Å². The van der Waals surface area contributed by atoms with Crippen LogP contribution in [-0.2, 0) is 6.42 Å². The van der Waals surface area contributed by atoms with Gasteiger partial charge in [0.15, 0.2) is 0 Å². The zero-order valence-electron chi connectivity index (χ0n) is 14.5. The molecule has 0 N–H and O–H groups in total. The summed E-state index contributed by atoms with van der Waals surface area (Å²) in [5.74, 6) is 0.530. The van der Waals surface area contributed by atoms with E-state index >= 15 is 0 Å². The average molecular weight is 351 g/mol. The number of imidazole rings is 1. The number of nitro groups is 1. The first-order chi connectivity index (χ1) is 12.7. The fourth-order valence-electron chi connectivity index (χ4n) is 3.47. The quantitative estimate of drug-likeness (QED) is 0.522. The Balaban J connectivity index is 1.44. The SMILES string of the molecule is O=[N+]([O-])c1c(N2CCN(CCc3ccccc3)CC2)nc2ccccn12. The molecule has 2 aromatic heterocycles. The minimum Gasteiger partial charge on any atom is -0.358 e. The standard InChI is InChI=1S/C19H21N5O2/c25-24(26)19-18(20-17-8-4-5-10-23(17)19)22-14-12-21(13-15-22)11-9-16-6-2-1-3-7-16/h1-8,10H,9,11-15H2. The molecule has 0 radical (unpaired) electrons. The number of hydrogen-bond donors (Lipinski definition) is 0. The van der Waals surface area contributed by atoms with E-state index in [1.807, 2.05) is 17.0 Å². The summed E-state index contributed by atoms with van der Waals surface area (Å²) >= 11 is 0. The van der Waals surface area contributed by atoms with Crippen molar-refractivity contribution in [3.63, 3.8) is 0 Å². The zero-order chi connectivity index (χ0) is 17.9. The van der Waals surface area contributed by atoms with Crippen molar-refractivity contribution in [2.24, 2.45) is 0 Å². The molecule has 0 unspecified atom stereocenters. The maximum Gasteiger partial charge on any atom is 0.372 e. The van der Waals surface area contributed by atoms with Gasteiger partial charge in [0, 0.05) is 38.8 Å². The van der Waals surface area contributed by atoms with Crippen LogP contribution in [0.3, 0.4) is 0 Å². The Morgan fingerprint density at radius 2 is 1.73 bits per heavy atom. The molecule has 26 heavy (non-hydrogen) atoms. The Morgan fingerprint density at radius 3 is 2.46 bits per heavy atom. The molecule has 1 aliphatic rings. The molecule has 3 aromatic rings. The number of rotatable bonds is 5. The Kier molecular flexibility index (Phi) is 4.53. The van der Waals surface area contributed by atoms with Crippen LogP contribution in [0, 0.1) is 10.1 Å². The molecular weight excluding hydrogens is 330 g/mol. The second-order valence-corrected chi connectivity index (χ2v) is 6.51. The maximum absolute atomic E-state index is 11.6.